The lowest BCUT2D eigenvalue weighted by Crippen LogP contribution is -2.40. The number of halogens is 1. The van der Waals surface area contributed by atoms with Crippen molar-refractivity contribution in [3.05, 3.63) is 28.8 Å². The van der Waals surface area contributed by atoms with Crippen molar-refractivity contribution >= 4 is 33.6 Å². The van der Waals surface area contributed by atoms with Crippen molar-refractivity contribution in [3.8, 4) is 0 Å². The maximum Gasteiger partial charge on any atom is 0.337 e. The molecule has 22 heavy (non-hydrogen) atoms. The summed E-state index contributed by atoms with van der Waals surface area (Å²) in [5.41, 5.74) is 0.0979. The Labute approximate surface area is 133 Å². The Morgan fingerprint density at radius 2 is 1.95 bits per heavy atom. The first-order valence-corrected chi connectivity index (χ1v) is 8.04. The maximum absolute atomic E-state index is 12.5. The summed E-state index contributed by atoms with van der Waals surface area (Å²) in [6.07, 6.45) is 0. The van der Waals surface area contributed by atoms with Crippen LogP contribution in [0, 0.1) is 0 Å². The number of nitrogens with zero attached hydrogens (tertiary/aromatic N) is 1. The number of methoxy groups -OCH3 is 1. The van der Waals surface area contributed by atoms with E-state index in [0.717, 1.165) is 10.4 Å². The molecule has 9 heteroatoms. The standard InChI is InChI=1S/C13H16ClNO6S/c1-8(2)15(7-12(16)17)22(19,20)11-5-4-9(6-10(11)14)13(18)21-3/h4-6,8H,7H2,1-3H3,(H,16,17). The van der Waals surface area contributed by atoms with E-state index in [1.807, 2.05) is 0 Å². The molecule has 0 atom stereocenters. The van der Waals surface area contributed by atoms with Gasteiger partial charge < -0.3 is 9.84 Å². The molecular formula is C13H16ClNO6S. The molecule has 1 rings (SSSR count). The number of sulfonamides is 1. The summed E-state index contributed by atoms with van der Waals surface area (Å²) in [6.45, 7) is 2.42. The average molecular weight is 350 g/mol. The van der Waals surface area contributed by atoms with Crippen molar-refractivity contribution in [2.24, 2.45) is 0 Å². The number of rotatable bonds is 6. The summed E-state index contributed by atoms with van der Waals surface area (Å²) in [4.78, 5) is 22.0. The summed E-state index contributed by atoms with van der Waals surface area (Å²) in [7, 11) is -2.92. The van der Waals surface area contributed by atoms with Gasteiger partial charge in [-0.1, -0.05) is 11.6 Å². The molecule has 1 aromatic carbocycles. The SMILES string of the molecule is COC(=O)c1ccc(S(=O)(=O)N(CC(=O)O)C(C)C)c(Cl)c1. The molecule has 0 amide bonds. The van der Waals surface area contributed by atoms with Gasteiger partial charge >= 0.3 is 11.9 Å². The smallest absolute Gasteiger partial charge is 0.337 e. The lowest BCUT2D eigenvalue weighted by atomic mass is 10.2. The van der Waals surface area contributed by atoms with Gasteiger partial charge in [0.15, 0.2) is 0 Å². The fraction of sp³-hybridized carbons (Fsp3) is 0.385. The van der Waals surface area contributed by atoms with Gasteiger partial charge in [-0.2, -0.15) is 4.31 Å². The first-order chi connectivity index (χ1) is 10.1. The van der Waals surface area contributed by atoms with Gasteiger partial charge in [-0.3, -0.25) is 4.79 Å². The molecule has 0 aliphatic carbocycles. The number of aliphatic carboxylic acids is 1. The van der Waals surface area contributed by atoms with Crippen LogP contribution < -0.4 is 0 Å². The summed E-state index contributed by atoms with van der Waals surface area (Å²) in [5, 5.41) is 8.68. The van der Waals surface area contributed by atoms with E-state index in [-0.39, 0.29) is 15.5 Å². The van der Waals surface area contributed by atoms with Crippen molar-refractivity contribution in [1.29, 1.82) is 0 Å². The molecule has 122 valence electrons. The van der Waals surface area contributed by atoms with Crippen LogP contribution in [0.3, 0.4) is 0 Å². The second kappa shape index (κ2) is 7.08. The maximum atomic E-state index is 12.5. The van der Waals surface area contributed by atoms with Gasteiger partial charge in [-0.25, -0.2) is 13.2 Å². The van der Waals surface area contributed by atoms with E-state index >= 15 is 0 Å². The molecule has 0 unspecified atom stereocenters. The number of benzene rings is 1. The molecule has 7 nitrogen and oxygen atoms in total. The predicted octanol–water partition coefficient (Wildman–Crippen LogP) is 1.61. The van der Waals surface area contributed by atoms with Gasteiger partial charge in [0, 0.05) is 6.04 Å². The Morgan fingerprint density at radius 1 is 1.36 bits per heavy atom. The van der Waals surface area contributed by atoms with E-state index < -0.39 is 34.5 Å². The second-order valence-corrected chi connectivity index (χ2v) is 6.94. The molecule has 0 fully saturated rings. The number of carbonyl (C=O) groups excluding carboxylic acids is 1. The van der Waals surface area contributed by atoms with Crippen LogP contribution in [0.25, 0.3) is 0 Å². The van der Waals surface area contributed by atoms with Gasteiger partial charge in [-0.05, 0) is 32.0 Å². The molecule has 1 N–H and O–H groups in total. The van der Waals surface area contributed by atoms with Crippen LogP contribution in [0.5, 0.6) is 0 Å². The van der Waals surface area contributed by atoms with Crippen LogP contribution in [0.15, 0.2) is 23.1 Å². The normalized spacial score (nSPS) is 11.7. The number of hydrogen-bond acceptors (Lipinski definition) is 5. The van der Waals surface area contributed by atoms with Crippen molar-refractivity contribution in [2.45, 2.75) is 24.8 Å². The molecule has 0 heterocycles. The highest BCUT2D eigenvalue weighted by Crippen LogP contribution is 2.27. The van der Waals surface area contributed by atoms with Crippen molar-refractivity contribution < 1.29 is 27.9 Å². The topological polar surface area (TPSA) is 101 Å². The first kappa shape index (κ1) is 18.4. The summed E-state index contributed by atoms with van der Waals surface area (Å²) in [5.74, 6) is -1.93. The number of carbonyl (C=O) groups is 2. The number of carboxylic acid groups (broad SMARTS) is 1. The zero-order valence-electron chi connectivity index (χ0n) is 12.2. The number of ether oxygens (including phenoxy) is 1. The van der Waals surface area contributed by atoms with Gasteiger partial charge in [0.1, 0.15) is 11.4 Å². The van der Waals surface area contributed by atoms with Crippen LogP contribution >= 0.6 is 11.6 Å². The highest BCUT2D eigenvalue weighted by molar-refractivity contribution is 7.89. The third-order valence-corrected chi connectivity index (χ3v) is 5.31. The zero-order valence-corrected chi connectivity index (χ0v) is 13.8. The van der Waals surface area contributed by atoms with E-state index in [4.69, 9.17) is 16.7 Å². The highest BCUT2D eigenvalue weighted by Gasteiger charge is 2.31. The molecule has 0 bridgehead atoms. The average Bonchev–Trinajstić information content (AvgIpc) is 2.42. The summed E-state index contributed by atoms with van der Waals surface area (Å²) in [6, 6.07) is 3.00. The van der Waals surface area contributed by atoms with Crippen molar-refractivity contribution in [1.82, 2.24) is 4.31 Å². The zero-order chi connectivity index (χ0) is 17.1. The van der Waals surface area contributed by atoms with Crippen LogP contribution in [0.1, 0.15) is 24.2 Å². The number of esters is 1. The van der Waals surface area contributed by atoms with Gasteiger partial charge in [0.2, 0.25) is 10.0 Å². The van der Waals surface area contributed by atoms with Crippen molar-refractivity contribution in [3.63, 3.8) is 0 Å². The Balaban J connectivity index is 3.32. The van der Waals surface area contributed by atoms with Gasteiger partial charge in [0.05, 0.1) is 17.7 Å². The largest absolute Gasteiger partial charge is 0.480 e. The van der Waals surface area contributed by atoms with E-state index in [1.165, 1.54) is 19.2 Å². The van der Waals surface area contributed by atoms with Crippen LogP contribution in [0.2, 0.25) is 5.02 Å². The van der Waals surface area contributed by atoms with E-state index in [2.05, 4.69) is 4.74 Å². The molecule has 0 aromatic heterocycles. The fourth-order valence-electron chi connectivity index (χ4n) is 1.76. The predicted molar refractivity (Wildman–Crippen MR) is 79.5 cm³/mol. The molecule has 0 aliphatic rings. The fourth-order valence-corrected chi connectivity index (χ4v) is 3.87. The minimum Gasteiger partial charge on any atom is -0.480 e. The molecule has 0 saturated heterocycles. The molecule has 0 aliphatic heterocycles. The van der Waals surface area contributed by atoms with Crippen LogP contribution in [-0.2, 0) is 19.6 Å². The monoisotopic (exact) mass is 349 g/mol. The molecule has 0 saturated carbocycles. The van der Waals surface area contributed by atoms with Gasteiger partial charge in [-0.15, -0.1) is 0 Å². The van der Waals surface area contributed by atoms with Gasteiger partial charge in [0.25, 0.3) is 0 Å². The third-order valence-electron chi connectivity index (χ3n) is 2.81. The summed E-state index contributed by atoms with van der Waals surface area (Å²) >= 11 is 5.94. The minimum atomic E-state index is -4.11. The molecule has 0 radical (unpaired) electrons. The number of hydrogen-bond donors (Lipinski definition) is 1. The van der Waals surface area contributed by atoms with E-state index in [1.54, 1.807) is 13.8 Å². The van der Waals surface area contributed by atoms with E-state index in [0.29, 0.717) is 0 Å². The molecular weight excluding hydrogens is 334 g/mol. The van der Waals surface area contributed by atoms with Crippen LogP contribution in [-0.4, -0.2) is 49.5 Å². The Morgan fingerprint density at radius 3 is 2.36 bits per heavy atom. The highest BCUT2D eigenvalue weighted by atomic mass is 35.5. The summed E-state index contributed by atoms with van der Waals surface area (Å²) < 4.78 is 30.4. The lowest BCUT2D eigenvalue weighted by molar-refractivity contribution is -0.137. The molecule has 1 aromatic rings. The van der Waals surface area contributed by atoms with Crippen molar-refractivity contribution in [2.75, 3.05) is 13.7 Å². The third kappa shape index (κ3) is 3.96. The quantitative estimate of drug-likeness (QED) is 0.783. The Bertz CT molecular complexity index is 686. The Hall–Kier alpha value is -1.64. The Kier molecular flexibility index (Phi) is 5.92. The number of carboxylic acids is 1. The second-order valence-electron chi connectivity index (χ2n) is 4.67. The van der Waals surface area contributed by atoms with E-state index in [9.17, 15) is 18.0 Å². The minimum absolute atomic E-state index is 0.0979. The lowest BCUT2D eigenvalue weighted by Gasteiger charge is -2.24. The van der Waals surface area contributed by atoms with Crippen LogP contribution in [0.4, 0.5) is 0 Å². The first-order valence-electron chi connectivity index (χ1n) is 6.22. The molecule has 0 spiro atoms.